The van der Waals surface area contributed by atoms with E-state index in [-0.39, 0.29) is 19.0 Å². The SMILES string of the molecule is CCc1nc(-c2ncccn2)sc1C(=O)N1C[C@@H](O)[C@H](F)C1. The van der Waals surface area contributed by atoms with Crippen molar-refractivity contribution in [3.05, 3.63) is 29.0 Å². The van der Waals surface area contributed by atoms with Gasteiger partial charge >= 0.3 is 0 Å². The number of aliphatic hydroxyl groups is 1. The van der Waals surface area contributed by atoms with Crippen molar-refractivity contribution in [3.8, 4) is 10.8 Å². The smallest absolute Gasteiger partial charge is 0.266 e. The molecule has 0 aliphatic carbocycles. The number of aryl methyl sites for hydroxylation is 1. The minimum absolute atomic E-state index is 0.0121. The van der Waals surface area contributed by atoms with Gasteiger partial charge < -0.3 is 10.0 Å². The number of hydrogen-bond acceptors (Lipinski definition) is 6. The highest BCUT2D eigenvalue weighted by Gasteiger charge is 2.36. The van der Waals surface area contributed by atoms with Crippen LogP contribution in [0.5, 0.6) is 0 Å². The molecule has 116 valence electrons. The molecule has 2 aromatic rings. The molecular weight excluding hydrogens is 307 g/mol. The molecule has 3 rings (SSSR count). The van der Waals surface area contributed by atoms with Crippen LogP contribution < -0.4 is 0 Å². The summed E-state index contributed by atoms with van der Waals surface area (Å²) in [4.78, 5) is 27.0. The standard InChI is InChI=1S/C14H15FN4O2S/c1-2-9-11(14(21)19-6-8(15)10(20)7-19)22-13(18-9)12-16-4-3-5-17-12/h3-5,8,10,20H,2,6-7H2,1H3/t8-,10-/m1/s1. The molecule has 2 aromatic heterocycles. The van der Waals surface area contributed by atoms with E-state index in [0.29, 0.717) is 27.8 Å². The van der Waals surface area contributed by atoms with E-state index in [0.717, 1.165) is 0 Å². The quantitative estimate of drug-likeness (QED) is 0.922. The van der Waals surface area contributed by atoms with Gasteiger partial charge in [0.05, 0.1) is 12.2 Å². The predicted octanol–water partition coefficient (Wildman–Crippen LogP) is 1.32. The van der Waals surface area contributed by atoms with Crippen LogP contribution in [0.2, 0.25) is 0 Å². The Morgan fingerprint density at radius 2 is 2.18 bits per heavy atom. The highest BCUT2D eigenvalue weighted by Crippen LogP contribution is 2.28. The fraction of sp³-hybridized carbons (Fsp3) is 0.429. The van der Waals surface area contributed by atoms with Gasteiger partial charge in [-0.2, -0.15) is 0 Å². The number of carbonyl (C=O) groups is 1. The van der Waals surface area contributed by atoms with Gasteiger partial charge in [0.2, 0.25) is 0 Å². The molecule has 1 aliphatic heterocycles. The second-order valence-corrected chi connectivity index (χ2v) is 6.01. The number of halogens is 1. The second kappa shape index (κ2) is 6.05. The number of amides is 1. The molecule has 0 bridgehead atoms. The molecule has 0 spiro atoms. The summed E-state index contributed by atoms with van der Waals surface area (Å²) < 4.78 is 13.4. The van der Waals surface area contributed by atoms with Crippen LogP contribution in [0.4, 0.5) is 4.39 Å². The van der Waals surface area contributed by atoms with Crippen molar-refractivity contribution >= 4 is 17.2 Å². The van der Waals surface area contributed by atoms with Crippen molar-refractivity contribution in [3.63, 3.8) is 0 Å². The van der Waals surface area contributed by atoms with Gasteiger partial charge in [0.25, 0.3) is 5.91 Å². The molecule has 22 heavy (non-hydrogen) atoms. The van der Waals surface area contributed by atoms with Crippen molar-refractivity contribution in [2.24, 2.45) is 0 Å². The first-order valence-corrected chi connectivity index (χ1v) is 7.80. The molecule has 0 saturated carbocycles. The number of aliphatic hydroxyl groups excluding tert-OH is 1. The zero-order valence-electron chi connectivity index (χ0n) is 11.9. The topological polar surface area (TPSA) is 79.2 Å². The lowest BCUT2D eigenvalue weighted by Crippen LogP contribution is -2.29. The Hall–Kier alpha value is -1.93. The van der Waals surface area contributed by atoms with Crippen molar-refractivity contribution in [1.82, 2.24) is 19.9 Å². The summed E-state index contributed by atoms with van der Waals surface area (Å²) >= 11 is 1.20. The Balaban J connectivity index is 1.90. The average Bonchev–Trinajstić information content (AvgIpc) is 3.11. The number of alkyl halides is 1. The van der Waals surface area contributed by atoms with Crippen molar-refractivity contribution in [2.75, 3.05) is 13.1 Å². The Kier molecular flexibility index (Phi) is 4.12. The van der Waals surface area contributed by atoms with Crippen LogP contribution in [0, 0.1) is 0 Å². The molecule has 6 nitrogen and oxygen atoms in total. The number of likely N-dealkylation sites (tertiary alicyclic amines) is 1. The minimum Gasteiger partial charge on any atom is -0.388 e. The number of hydrogen-bond donors (Lipinski definition) is 1. The summed E-state index contributed by atoms with van der Waals surface area (Å²) in [5.74, 6) is 0.168. The zero-order chi connectivity index (χ0) is 15.7. The normalized spacial score (nSPS) is 21.3. The van der Waals surface area contributed by atoms with Crippen LogP contribution in [0.1, 0.15) is 22.3 Å². The van der Waals surface area contributed by atoms with E-state index in [1.54, 1.807) is 18.5 Å². The summed E-state index contributed by atoms with van der Waals surface area (Å²) in [5.41, 5.74) is 0.647. The monoisotopic (exact) mass is 322 g/mol. The first-order chi connectivity index (χ1) is 10.6. The van der Waals surface area contributed by atoms with Gasteiger partial charge in [-0.05, 0) is 12.5 Å². The predicted molar refractivity (Wildman–Crippen MR) is 79.3 cm³/mol. The van der Waals surface area contributed by atoms with E-state index in [1.807, 2.05) is 6.92 Å². The zero-order valence-corrected chi connectivity index (χ0v) is 12.8. The Bertz CT molecular complexity index is 669. The third-order valence-electron chi connectivity index (χ3n) is 3.49. The van der Waals surface area contributed by atoms with E-state index in [9.17, 15) is 14.3 Å². The van der Waals surface area contributed by atoms with E-state index in [1.165, 1.54) is 16.2 Å². The van der Waals surface area contributed by atoms with Crippen LogP contribution in [0.25, 0.3) is 10.8 Å². The summed E-state index contributed by atoms with van der Waals surface area (Å²) in [6.45, 7) is 1.83. The lowest BCUT2D eigenvalue weighted by atomic mass is 10.2. The van der Waals surface area contributed by atoms with E-state index in [4.69, 9.17) is 0 Å². The molecule has 0 unspecified atom stereocenters. The number of carbonyl (C=O) groups excluding carboxylic acids is 1. The molecule has 0 aromatic carbocycles. The molecule has 1 aliphatic rings. The maximum atomic E-state index is 13.4. The van der Waals surface area contributed by atoms with Crippen molar-refractivity contribution < 1.29 is 14.3 Å². The first kappa shape index (κ1) is 15.0. The van der Waals surface area contributed by atoms with E-state index >= 15 is 0 Å². The number of nitrogens with zero attached hydrogens (tertiary/aromatic N) is 4. The van der Waals surface area contributed by atoms with Crippen LogP contribution >= 0.6 is 11.3 Å². The molecule has 1 saturated heterocycles. The molecule has 8 heteroatoms. The fourth-order valence-corrected chi connectivity index (χ4v) is 3.39. The number of β-amino-alcohol motifs (C(OH)–C–C–N with tert-alkyl or cyclic N) is 1. The summed E-state index contributed by atoms with van der Waals surface area (Å²) in [5, 5.41) is 10.0. The number of rotatable bonds is 3. The van der Waals surface area contributed by atoms with Gasteiger partial charge in [0.1, 0.15) is 17.2 Å². The highest BCUT2D eigenvalue weighted by atomic mass is 32.1. The summed E-state index contributed by atoms with van der Waals surface area (Å²) in [6, 6.07) is 1.71. The first-order valence-electron chi connectivity index (χ1n) is 6.98. The van der Waals surface area contributed by atoms with Gasteiger partial charge in [-0.3, -0.25) is 4.79 Å². The maximum Gasteiger partial charge on any atom is 0.266 e. The average molecular weight is 322 g/mol. The maximum absolute atomic E-state index is 13.4. The number of aromatic nitrogens is 3. The van der Waals surface area contributed by atoms with Crippen LogP contribution in [-0.4, -0.2) is 56.2 Å². The molecule has 2 atom stereocenters. The Morgan fingerprint density at radius 3 is 2.77 bits per heavy atom. The van der Waals surface area contributed by atoms with Crippen molar-refractivity contribution in [2.45, 2.75) is 25.6 Å². The van der Waals surface area contributed by atoms with Crippen LogP contribution in [-0.2, 0) is 6.42 Å². The van der Waals surface area contributed by atoms with Crippen LogP contribution in [0.15, 0.2) is 18.5 Å². The molecule has 1 N–H and O–H groups in total. The molecule has 3 heterocycles. The largest absolute Gasteiger partial charge is 0.388 e. The molecule has 1 amide bonds. The second-order valence-electron chi connectivity index (χ2n) is 5.01. The van der Waals surface area contributed by atoms with Gasteiger partial charge in [-0.1, -0.05) is 6.92 Å². The lowest BCUT2D eigenvalue weighted by Gasteiger charge is -2.14. The third kappa shape index (κ3) is 2.71. The molecule has 1 fully saturated rings. The Labute approximate surface area is 130 Å². The van der Waals surface area contributed by atoms with E-state index < -0.39 is 12.3 Å². The lowest BCUT2D eigenvalue weighted by molar-refractivity contribution is 0.0767. The van der Waals surface area contributed by atoms with E-state index in [2.05, 4.69) is 15.0 Å². The van der Waals surface area contributed by atoms with Gasteiger partial charge in [-0.25, -0.2) is 19.3 Å². The third-order valence-corrected chi connectivity index (χ3v) is 4.57. The summed E-state index contributed by atoms with van der Waals surface area (Å²) in [7, 11) is 0. The fourth-order valence-electron chi connectivity index (χ4n) is 2.32. The molecule has 0 radical (unpaired) electrons. The molecular formula is C14H15FN4O2S. The Morgan fingerprint density at radius 1 is 1.45 bits per heavy atom. The van der Waals surface area contributed by atoms with Gasteiger partial charge in [0, 0.05) is 18.9 Å². The van der Waals surface area contributed by atoms with Gasteiger partial charge in [0.15, 0.2) is 10.8 Å². The van der Waals surface area contributed by atoms with Gasteiger partial charge in [-0.15, -0.1) is 11.3 Å². The van der Waals surface area contributed by atoms with Crippen molar-refractivity contribution in [1.29, 1.82) is 0 Å². The van der Waals surface area contributed by atoms with Crippen LogP contribution in [0.3, 0.4) is 0 Å². The summed E-state index contributed by atoms with van der Waals surface area (Å²) in [6.07, 6.45) is 1.31. The number of thiazole rings is 1. The minimum atomic E-state index is -1.39. The highest BCUT2D eigenvalue weighted by molar-refractivity contribution is 7.17.